The van der Waals surface area contributed by atoms with Gasteiger partial charge in [-0.1, -0.05) is 32.5 Å². The Morgan fingerprint density at radius 2 is 2.21 bits per heavy atom. The second-order valence-corrected chi connectivity index (χ2v) is 7.15. The minimum atomic E-state index is -0.190. The highest BCUT2D eigenvalue weighted by atomic mass is 35.5. The molecule has 24 heavy (non-hydrogen) atoms. The van der Waals surface area contributed by atoms with Gasteiger partial charge in [-0.25, -0.2) is 14.6 Å². The summed E-state index contributed by atoms with van der Waals surface area (Å²) >= 11 is 7.07. The molecule has 0 atom stereocenters. The SMILES string of the molecule is CCSc1nc(NCC(C)C)c2cnn(CCNC(=O)CCl)c2n1. The minimum absolute atomic E-state index is 0.0391. The molecule has 2 N–H and O–H groups in total. The van der Waals surface area contributed by atoms with E-state index in [-0.39, 0.29) is 11.8 Å². The smallest absolute Gasteiger partial charge is 0.234 e. The minimum Gasteiger partial charge on any atom is -0.369 e. The van der Waals surface area contributed by atoms with E-state index in [1.54, 1.807) is 22.6 Å². The summed E-state index contributed by atoms with van der Waals surface area (Å²) in [5.74, 6) is 1.99. The van der Waals surface area contributed by atoms with Gasteiger partial charge in [0.2, 0.25) is 5.91 Å². The van der Waals surface area contributed by atoms with E-state index in [9.17, 15) is 4.79 Å². The van der Waals surface area contributed by atoms with Crippen LogP contribution < -0.4 is 10.6 Å². The van der Waals surface area contributed by atoms with Gasteiger partial charge < -0.3 is 10.6 Å². The molecule has 0 aliphatic rings. The monoisotopic (exact) mass is 370 g/mol. The third-order valence-corrected chi connectivity index (χ3v) is 4.17. The number of aromatic nitrogens is 4. The van der Waals surface area contributed by atoms with E-state index in [1.165, 1.54) is 0 Å². The Balaban J connectivity index is 2.24. The van der Waals surface area contributed by atoms with E-state index in [2.05, 4.69) is 46.5 Å². The van der Waals surface area contributed by atoms with Crippen molar-refractivity contribution in [2.45, 2.75) is 32.5 Å². The average molecular weight is 371 g/mol. The number of hydrogen-bond acceptors (Lipinski definition) is 6. The number of anilines is 1. The number of amides is 1. The second kappa shape index (κ2) is 9.08. The molecule has 0 bridgehead atoms. The van der Waals surface area contributed by atoms with Crippen molar-refractivity contribution >= 4 is 46.1 Å². The van der Waals surface area contributed by atoms with Crippen molar-refractivity contribution in [1.29, 1.82) is 0 Å². The number of alkyl halides is 1. The zero-order chi connectivity index (χ0) is 17.5. The number of thioether (sulfide) groups is 1. The first-order valence-electron chi connectivity index (χ1n) is 7.98. The molecule has 7 nitrogen and oxygen atoms in total. The van der Waals surface area contributed by atoms with Gasteiger partial charge in [-0.2, -0.15) is 5.10 Å². The summed E-state index contributed by atoms with van der Waals surface area (Å²) in [4.78, 5) is 20.4. The molecule has 0 saturated carbocycles. The lowest BCUT2D eigenvalue weighted by molar-refractivity contribution is -0.118. The van der Waals surface area contributed by atoms with Crippen molar-refractivity contribution in [3.8, 4) is 0 Å². The van der Waals surface area contributed by atoms with Crippen LogP contribution in [0.25, 0.3) is 11.0 Å². The lowest BCUT2D eigenvalue weighted by atomic mass is 10.2. The number of nitrogens with zero attached hydrogens (tertiary/aromatic N) is 4. The Bertz CT molecular complexity index is 690. The molecule has 0 radical (unpaired) electrons. The van der Waals surface area contributed by atoms with Crippen molar-refractivity contribution in [1.82, 2.24) is 25.1 Å². The Labute approximate surface area is 150 Å². The summed E-state index contributed by atoms with van der Waals surface area (Å²) < 4.78 is 1.78. The molecule has 0 fully saturated rings. The van der Waals surface area contributed by atoms with Gasteiger partial charge in [0.1, 0.15) is 11.7 Å². The second-order valence-electron chi connectivity index (χ2n) is 5.65. The molecule has 0 spiro atoms. The van der Waals surface area contributed by atoms with E-state index in [4.69, 9.17) is 11.6 Å². The Morgan fingerprint density at radius 3 is 2.88 bits per heavy atom. The van der Waals surface area contributed by atoms with Gasteiger partial charge >= 0.3 is 0 Å². The number of carbonyl (C=O) groups excluding carboxylic acids is 1. The van der Waals surface area contributed by atoms with Crippen molar-refractivity contribution in [2.75, 3.05) is 30.0 Å². The fourth-order valence-electron chi connectivity index (χ4n) is 2.08. The van der Waals surface area contributed by atoms with E-state index in [1.807, 2.05) is 0 Å². The maximum atomic E-state index is 11.2. The van der Waals surface area contributed by atoms with Crippen LogP contribution in [0, 0.1) is 5.92 Å². The predicted octanol–water partition coefficient (Wildman–Crippen LogP) is 2.36. The summed E-state index contributed by atoms with van der Waals surface area (Å²) in [6, 6.07) is 0. The van der Waals surface area contributed by atoms with Crippen LogP contribution in [-0.4, -0.2) is 50.4 Å². The average Bonchev–Trinajstić information content (AvgIpc) is 2.96. The van der Waals surface area contributed by atoms with Gasteiger partial charge in [-0.05, 0) is 11.7 Å². The normalized spacial score (nSPS) is 11.2. The third kappa shape index (κ3) is 4.98. The lowest BCUT2D eigenvalue weighted by Gasteiger charge is -2.11. The quantitative estimate of drug-likeness (QED) is 0.400. The summed E-state index contributed by atoms with van der Waals surface area (Å²) in [6.07, 6.45) is 1.77. The molecular formula is C15H23ClN6OS. The van der Waals surface area contributed by atoms with Gasteiger partial charge in [-0.15, -0.1) is 11.6 Å². The van der Waals surface area contributed by atoms with Crippen LogP contribution in [0.5, 0.6) is 0 Å². The summed E-state index contributed by atoms with van der Waals surface area (Å²) in [7, 11) is 0. The van der Waals surface area contributed by atoms with E-state index < -0.39 is 0 Å². The zero-order valence-electron chi connectivity index (χ0n) is 14.2. The van der Waals surface area contributed by atoms with Crippen molar-refractivity contribution < 1.29 is 4.79 Å². The van der Waals surface area contributed by atoms with Crippen molar-refractivity contribution in [2.24, 2.45) is 5.92 Å². The van der Waals surface area contributed by atoms with Crippen LogP contribution in [0.4, 0.5) is 5.82 Å². The molecule has 1 amide bonds. The van der Waals surface area contributed by atoms with Crippen molar-refractivity contribution in [3.63, 3.8) is 0 Å². The zero-order valence-corrected chi connectivity index (χ0v) is 15.7. The predicted molar refractivity (Wildman–Crippen MR) is 98.8 cm³/mol. The first-order valence-corrected chi connectivity index (χ1v) is 9.50. The van der Waals surface area contributed by atoms with Crippen LogP contribution in [0.15, 0.2) is 11.4 Å². The highest BCUT2D eigenvalue weighted by molar-refractivity contribution is 7.99. The highest BCUT2D eigenvalue weighted by Crippen LogP contribution is 2.24. The van der Waals surface area contributed by atoms with Crippen LogP contribution in [0.3, 0.4) is 0 Å². The molecule has 0 aliphatic carbocycles. The summed E-state index contributed by atoms with van der Waals surface area (Å²) in [5, 5.41) is 12.1. The highest BCUT2D eigenvalue weighted by Gasteiger charge is 2.13. The van der Waals surface area contributed by atoms with Crippen LogP contribution in [0.2, 0.25) is 0 Å². The van der Waals surface area contributed by atoms with Gasteiger partial charge in [0.15, 0.2) is 10.8 Å². The topological polar surface area (TPSA) is 84.7 Å². The standard InChI is InChI=1S/C15H23ClN6OS/c1-4-24-15-20-13(18-8-10(2)3)11-9-19-22(14(11)21-15)6-5-17-12(23)7-16/h9-10H,4-8H2,1-3H3,(H,17,23)(H,18,20,21). The first-order chi connectivity index (χ1) is 11.5. The van der Waals surface area contributed by atoms with Gasteiger partial charge in [-0.3, -0.25) is 4.79 Å². The number of fused-ring (bicyclic) bond motifs is 1. The molecule has 2 aromatic rings. The van der Waals surface area contributed by atoms with E-state index in [0.29, 0.717) is 19.0 Å². The Morgan fingerprint density at radius 1 is 1.42 bits per heavy atom. The molecule has 9 heteroatoms. The number of hydrogen-bond donors (Lipinski definition) is 2. The van der Waals surface area contributed by atoms with Gasteiger partial charge in [0.05, 0.1) is 18.1 Å². The fraction of sp³-hybridized carbons (Fsp3) is 0.600. The molecule has 2 aromatic heterocycles. The van der Waals surface area contributed by atoms with Gasteiger partial charge in [0, 0.05) is 13.1 Å². The lowest BCUT2D eigenvalue weighted by Crippen LogP contribution is -2.28. The number of rotatable bonds is 9. The van der Waals surface area contributed by atoms with Crippen LogP contribution in [0.1, 0.15) is 20.8 Å². The molecular weight excluding hydrogens is 348 g/mol. The largest absolute Gasteiger partial charge is 0.369 e. The van der Waals surface area contributed by atoms with E-state index >= 15 is 0 Å². The maximum Gasteiger partial charge on any atom is 0.234 e. The molecule has 0 aromatic carbocycles. The summed E-state index contributed by atoms with van der Waals surface area (Å²) in [6.45, 7) is 8.18. The molecule has 0 unspecified atom stereocenters. The molecule has 2 rings (SSSR count). The molecule has 2 heterocycles. The number of carbonyl (C=O) groups is 1. The fourth-order valence-corrected chi connectivity index (χ4v) is 2.74. The van der Waals surface area contributed by atoms with Crippen LogP contribution >= 0.6 is 23.4 Å². The molecule has 0 aliphatic heterocycles. The van der Waals surface area contributed by atoms with Crippen molar-refractivity contribution in [3.05, 3.63) is 6.20 Å². The number of nitrogens with one attached hydrogen (secondary N) is 2. The van der Waals surface area contributed by atoms with E-state index in [0.717, 1.165) is 34.3 Å². The molecule has 0 saturated heterocycles. The summed E-state index contributed by atoms with van der Waals surface area (Å²) in [5.41, 5.74) is 0.771. The Hall–Kier alpha value is -1.54. The van der Waals surface area contributed by atoms with Crippen LogP contribution in [-0.2, 0) is 11.3 Å². The first kappa shape index (κ1) is 18.8. The third-order valence-electron chi connectivity index (χ3n) is 3.19. The number of halogens is 1. The maximum absolute atomic E-state index is 11.2. The Kier molecular flexibility index (Phi) is 7.11. The molecule has 132 valence electrons. The van der Waals surface area contributed by atoms with Gasteiger partial charge in [0.25, 0.3) is 0 Å².